The lowest BCUT2D eigenvalue weighted by molar-refractivity contribution is 0.0947. The van der Waals surface area contributed by atoms with Crippen LogP contribution in [0, 0.1) is 6.92 Å². The maximum absolute atomic E-state index is 12.8. The summed E-state index contributed by atoms with van der Waals surface area (Å²) in [6, 6.07) is 12.2. The predicted octanol–water partition coefficient (Wildman–Crippen LogP) is 3.66. The van der Waals surface area contributed by atoms with E-state index in [1.54, 1.807) is 0 Å². The first kappa shape index (κ1) is 16.4. The van der Waals surface area contributed by atoms with E-state index in [1.165, 1.54) is 10.9 Å². The summed E-state index contributed by atoms with van der Waals surface area (Å²) in [6.45, 7) is 4.63. The first-order chi connectivity index (χ1) is 12.7. The number of hydrogen-bond acceptors (Lipinski definition) is 2. The first-order valence-electron chi connectivity index (χ1n) is 8.98. The van der Waals surface area contributed by atoms with E-state index in [0.717, 1.165) is 35.3 Å². The molecular formula is C21H22N4O. The Morgan fingerprint density at radius 2 is 2.08 bits per heavy atom. The minimum atomic E-state index is -0.0696. The maximum atomic E-state index is 12.8. The molecule has 4 rings (SSSR count). The number of fused-ring (bicyclic) bond motifs is 2. The van der Waals surface area contributed by atoms with Crippen LogP contribution in [-0.2, 0) is 12.8 Å². The van der Waals surface area contributed by atoms with E-state index in [4.69, 9.17) is 0 Å². The predicted molar refractivity (Wildman–Crippen MR) is 104 cm³/mol. The van der Waals surface area contributed by atoms with Crippen molar-refractivity contribution >= 4 is 22.5 Å². The van der Waals surface area contributed by atoms with Crippen molar-refractivity contribution in [2.24, 2.45) is 0 Å². The molecule has 0 spiro atoms. The molecule has 26 heavy (non-hydrogen) atoms. The quantitative estimate of drug-likeness (QED) is 0.579. The summed E-state index contributed by atoms with van der Waals surface area (Å²) < 4.78 is 1.90. The second-order valence-electron chi connectivity index (χ2n) is 6.51. The summed E-state index contributed by atoms with van der Waals surface area (Å²) in [5.41, 5.74) is 5.74. The van der Waals surface area contributed by atoms with Crippen LogP contribution in [0.15, 0.2) is 48.8 Å². The summed E-state index contributed by atoms with van der Waals surface area (Å²) in [5, 5.41) is 4.27. The molecule has 0 radical (unpaired) electrons. The molecule has 5 heteroatoms. The summed E-state index contributed by atoms with van der Waals surface area (Å²) in [4.78, 5) is 20.7. The minimum absolute atomic E-state index is 0.0696. The maximum Gasteiger partial charge on any atom is 0.270 e. The number of aromatic amines is 1. The molecule has 1 amide bonds. The van der Waals surface area contributed by atoms with Gasteiger partial charge in [0.2, 0.25) is 0 Å². The average molecular weight is 346 g/mol. The average Bonchev–Trinajstić information content (AvgIpc) is 3.24. The SMILES string of the molecule is CCc1nc2c(C)cccn2c1C(=O)NCCc1c[nH]c2ccccc12. The number of rotatable bonds is 5. The highest BCUT2D eigenvalue weighted by Crippen LogP contribution is 2.19. The van der Waals surface area contributed by atoms with Crippen molar-refractivity contribution in [2.45, 2.75) is 26.7 Å². The van der Waals surface area contributed by atoms with Crippen molar-refractivity contribution in [1.82, 2.24) is 19.7 Å². The number of nitrogens with one attached hydrogen (secondary N) is 2. The minimum Gasteiger partial charge on any atom is -0.361 e. The molecule has 0 aliphatic heterocycles. The van der Waals surface area contributed by atoms with Crippen LogP contribution < -0.4 is 5.32 Å². The van der Waals surface area contributed by atoms with Gasteiger partial charge in [0.05, 0.1) is 5.69 Å². The number of para-hydroxylation sites is 1. The third-order valence-electron chi connectivity index (χ3n) is 4.82. The topological polar surface area (TPSA) is 62.2 Å². The number of aromatic nitrogens is 3. The van der Waals surface area contributed by atoms with E-state index in [-0.39, 0.29) is 5.91 Å². The third-order valence-corrected chi connectivity index (χ3v) is 4.82. The van der Waals surface area contributed by atoms with Crippen molar-refractivity contribution in [2.75, 3.05) is 6.54 Å². The van der Waals surface area contributed by atoms with Gasteiger partial charge in [0, 0.05) is 29.8 Å². The van der Waals surface area contributed by atoms with Gasteiger partial charge in [0.15, 0.2) is 0 Å². The van der Waals surface area contributed by atoms with E-state index < -0.39 is 0 Å². The Morgan fingerprint density at radius 1 is 1.23 bits per heavy atom. The Hall–Kier alpha value is -3.08. The molecule has 3 aromatic heterocycles. The van der Waals surface area contributed by atoms with Gasteiger partial charge in [-0.25, -0.2) is 4.98 Å². The molecule has 0 aliphatic carbocycles. The highest BCUT2D eigenvalue weighted by molar-refractivity contribution is 5.95. The van der Waals surface area contributed by atoms with E-state index >= 15 is 0 Å². The Labute approximate surface area is 152 Å². The van der Waals surface area contributed by atoms with Crippen molar-refractivity contribution in [3.8, 4) is 0 Å². The van der Waals surface area contributed by atoms with Gasteiger partial charge in [0.1, 0.15) is 11.3 Å². The van der Waals surface area contributed by atoms with E-state index in [2.05, 4.69) is 27.4 Å². The van der Waals surface area contributed by atoms with Gasteiger partial charge < -0.3 is 10.3 Å². The van der Waals surface area contributed by atoms with Crippen molar-refractivity contribution in [1.29, 1.82) is 0 Å². The van der Waals surface area contributed by atoms with Crippen LogP contribution in [0.2, 0.25) is 0 Å². The summed E-state index contributed by atoms with van der Waals surface area (Å²) in [6.07, 6.45) is 5.44. The summed E-state index contributed by atoms with van der Waals surface area (Å²) in [5.74, 6) is -0.0696. The lowest BCUT2D eigenvalue weighted by atomic mass is 10.1. The zero-order valence-corrected chi connectivity index (χ0v) is 15.0. The number of aryl methyl sites for hydroxylation is 2. The standard InChI is InChI=1S/C21H22N4O/c1-3-17-19(25-12-6-7-14(2)20(25)24-17)21(26)22-11-10-15-13-23-18-9-5-4-8-16(15)18/h4-9,12-13,23H,3,10-11H2,1-2H3,(H,22,26). The Morgan fingerprint density at radius 3 is 2.92 bits per heavy atom. The lowest BCUT2D eigenvalue weighted by Gasteiger charge is -2.07. The Bertz CT molecular complexity index is 1090. The number of carbonyl (C=O) groups is 1. The van der Waals surface area contributed by atoms with E-state index in [9.17, 15) is 4.79 Å². The molecule has 4 aromatic rings. The van der Waals surface area contributed by atoms with Gasteiger partial charge in [-0.2, -0.15) is 0 Å². The molecular weight excluding hydrogens is 324 g/mol. The monoisotopic (exact) mass is 346 g/mol. The fourth-order valence-corrected chi connectivity index (χ4v) is 3.47. The molecule has 2 N–H and O–H groups in total. The largest absolute Gasteiger partial charge is 0.361 e. The number of H-pyrrole nitrogens is 1. The molecule has 0 aliphatic rings. The van der Waals surface area contributed by atoms with Crippen LogP contribution in [0.4, 0.5) is 0 Å². The van der Waals surface area contributed by atoms with Crippen LogP contribution in [-0.4, -0.2) is 26.8 Å². The summed E-state index contributed by atoms with van der Waals surface area (Å²) in [7, 11) is 0. The van der Waals surface area contributed by atoms with Gasteiger partial charge in [-0.05, 0) is 43.0 Å². The van der Waals surface area contributed by atoms with Gasteiger partial charge in [0.25, 0.3) is 5.91 Å². The van der Waals surface area contributed by atoms with Gasteiger partial charge >= 0.3 is 0 Å². The number of benzene rings is 1. The van der Waals surface area contributed by atoms with Crippen molar-refractivity contribution < 1.29 is 4.79 Å². The number of nitrogens with zero attached hydrogens (tertiary/aromatic N) is 2. The fraction of sp³-hybridized carbons (Fsp3) is 0.238. The van der Waals surface area contributed by atoms with Crippen LogP contribution in [0.3, 0.4) is 0 Å². The smallest absolute Gasteiger partial charge is 0.270 e. The zero-order valence-electron chi connectivity index (χ0n) is 15.0. The molecule has 0 bridgehead atoms. The van der Waals surface area contributed by atoms with Crippen LogP contribution >= 0.6 is 0 Å². The highest BCUT2D eigenvalue weighted by atomic mass is 16.1. The molecule has 3 heterocycles. The van der Waals surface area contributed by atoms with Gasteiger partial charge in [-0.1, -0.05) is 31.2 Å². The number of pyridine rings is 1. The number of hydrogen-bond donors (Lipinski definition) is 2. The van der Waals surface area contributed by atoms with Crippen LogP contribution in [0.1, 0.15) is 34.2 Å². The molecule has 0 fully saturated rings. The fourth-order valence-electron chi connectivity index (χ4n) is 3.47. The second kappa shape index (κ2) is 6.67. The highest BCUT2D eigenvalue weighted by Gasteiger charge is 2.18. The molecule has 132 valence electrons. The van der Waals surface area contributed by atoms with Gasteiger partial charge in [-0.15, -0.1) is 0 Å². The molecule has 0 atom stereocenters. The van der Waals surface area contributed by atoms with Crippen molar-refractivity contribution in [3.63, 3.8) is 0 Å². The van der Waals surface area contributed by atoms with E-state index in [1.807, 2.05) is 54.9 Å². The number of imidazole rings is 1. The van der Waals surface area contributed by atoms with Crippen LogP contribution in [0.25, 0.3) is 16.6 Å². The first-order valence-corrected chi connectivity index (χ1v) is 8.98. The molecule has 0 saturated carbocycles. The normalized spacial score (nSPS) is 11.3. The molecule has 0 saturated heterocycles. The zero-order chi connectivity index (χ0) is 18.1. The molecule has 1 aromatic carbocycles. The Kier molecular flexibility index (Phi) is 4.21. The molecule has 5 nitrogen and oxygen atoms in total. The number of amides is 1. The van der Waals surface area contributed by atoms with Crippen LogP contribution in [0.5, 0.6) is 0 Å². The molecule has 0 unspecified atom stereocenters. The number of carbonyl (C=O) groups excluding carboxylic acids is 1. The summed E-state index contributed by atoms with van der Waals surface area (Å²) >= 11 is 0. The van der Waals surface area contributed by atoms with Crippen molar-refractivity contribution in [3.05, 3.63) is 71.3 Å². The lowest BCUT2D eigenvalue weighted by Crippen LogP contribution is -2.27. The Balaban J connectivity index is 1.53. The third kappa shape index (κ3) is 2.75. The van der Waals surface area contributed by atoms with Gasteiger partial charge in [-0.3, -0.25) is 9.20 Å². The second-order valence-corrected chi connectivity index (χ2v) is 6.51. The van der Waals surface area contributed by atoms with E-state index in [0.29, 0.717) is 12.2 Å².